The maximum absolute atomic E-state index is 13.2. The molecule has 6 aromatic heterocycles. The second kappa shape index (κ2) is 33.3. The minimum absolute atomic E-state index is 0.127. The number of benzene rings is 3. The van der Waals surface area contributed by atoms with Gasteiger partial charge < -0.3 is 59.7 Å². The average molecular weight is 1490 g/mol. The fourth-order valence-corrected chi connectivity index (χ4v) is 19.3. The minimum atomic E-state index is -0.181. The molecule has 9 aromatic rings. The van der Waals surface area contributed by atoms with Crippen LogP contribution in [0.5, 0.6) is 0 Å². The molecule has 0 spiro atoms. The van der Waals surface area contributed by atoms with Crippen LogP contribution in [0.15, 0.2) is 116 Å². The molecule has 21 heteroatoms. The van der Waals surface area contributed by atoms with E-state index in [-0.39, 0.29) is 36.0 Å². The molecule has 18 rings (SSSR count). The first-order chi connectivity index (χ1) is 53.6. The van der Waals surface area contributed by atoms with Gasteiger partial charge in [-0.1, -0.05) is 93.6 Å². The Labute approximate surface area is 647 Å². The van der Waals surface area contributed by atoms with Gasteiger partial charge >= 0.3 is 0 Å². The average Bonchev–Trinajstić information content (AvgIpc) is 1.62. The van der Waals surface area contributed by atoms with Crippen LogP contribution in [0.2, 0.25) is 0 Å². The van der Waals surface area contributed by atoms with E-state index in [0.717, 1.165) is 251 Å². The number of rotatable bonds is 18. The molecule has 6 saturated carbocycles. The van der Waals surface area contributed by atoms with Gasteiger partial charge in [-0.05, 0) is 237 Å². The van der Waals surface area contributed by atoms with Crippen LogP contribution < -0.4 is 16.0 Å². The van der Waals surface area contributed by atoms with Gasteiger partial charge in [-0.3, -0.25) is 14.4 Å². The van der Waals surface area contributed by atoms with Crippen LogP contribution in [0.3, 0.4) is 0 Å². The fraction of sp³-hybridized carbons (Fsp3) is 0.562. The van der Waals surface area contributed by atoms with Crippen molar-refractivity contribution >= 4 is 68.7 Å². The molecule has 3 amide bonds. The summed E-state index contributed by atoms with van der Waals surface area (Å²) in [5.74, 6) is 5.93. The molecule has 9 heterocycles. The number of amides is 3. The molecule has 3 aliphatic heterocycles. The number of hydrogen-bond acceptors (Lipinski definition) is 15. The molecule has 6 aliphatic carbocycles. The Morgan fingerprint density at radius 2 is 0.664 bits per heavy atom. The first-order valence-corrected chi connectivity index (χ1v) is 42.1. The Bertz CT molecular complexity index is 4450. The third kappa shape index (κ3) is 16.9. The quantitative estimate of drug-likeness (QED) is 0.0467. The fourth-order valence-electron chi connectivity index (χ4n) is 19.3. The number of aliphatic hydroxyl groups is 3. The van der Waals surface area contributed by atoms with Crippen molar-refractivity contribution in [3.63, 3.8) is 0 Å². The van der Waals surface area contributed by atoms with E-state index in [2.05, 4.69) is 88.9 Å². The summed E-state index contributed by atoms with van der Waals surface area (Å²) in [5.41, 5.74) is 11.6. The Balaban J connectivity index is 0.000000125. The number of piperidine rings is 3. The summed E-state index contributed by atoms with van der Waals surface area (Å²) in [6, 6.07) is 27.9. The summed E-state index contributed by atoms with van der Waals surface area (Å²) in [6.07, 6.45) is 36.2. The van der Waals surface area contributed by atoms with Crippen molar-refractivity contribution in [3.8, 4) is 0 Å². The predicted molar refractivity (Wildman–Crippen MR) is 433 cm³/mol. The van der Waals surface area contributed by atoms with Gasteiger partial charge in [-0.15, -0.1) is 0 Å². The maximum atomic E-state index is 13.2. The van der Waals surface area contributed by atoms with Crippen LogP contribution in [0.25, 0.3) is 33.1 Å². The third-order valence-corrected chi connectivity index (χ3v) is 26.4. The van der Waals surface area contributed by atoms with Gasteiger partial charge in [0.2, 0.25) is 17.8 Å². The molecule has 9 aliphatic rings. The summed E-state index contributed by atoms with van der Waals surface area (Å²) < 4.78 is 7.12. The number of aliphatic hydroxyl groups excluding tert-OH is 3. The van der Waals surface area contributed by atoms with Gasteiger partial charge in [-0.2, -0.15) is 15.0 Å². The number of aryl methyl sites for hydroxylation is 2. The van der Waals surface area contributed by atoms with Crippen molar-refractivity contribution < 1.29 is 29.7 Å². The van der Waals surface area contributed by atoms with E-state index >= 15 is 0 Å². The number of anilines is 3. The van der Waals surface area contributed by atoms with E-state index in [1.807, 2.05) is 106 Å². The Kier molecular flexibility index (Phi) is 22.8. The highest BCUT2D eigenvalue weighted by molar-refractivity contribution is 5.96. The standard InChI is InChI=1S/C31H41N5O2.2C29H37N5O2/c1-4-21-16-28(21)33-31-32-17-26-27(18-36(29(26)34-31)24-5-7-25(37)8-6-24)22-9-11-35(12-10-22)30(38)23-14-19(2)13-20(3)15-23;2*1-2-19-16-26(19)31-29-30-17-24-25(18-34(27(24)32-29)22-8-10-23(35)11-9-22)20-12-14-33(15-13-20)28(36)21-6-4-3-5-7-21/h13-15,17-18,21-22,24-25,28,37H,4-12,16H2,1-3H3,(H,32,33,34);2*3-7,17-20,22-23,26,35H,2,8-16H2,1H3,(H,30,31,32)/t21-,24?,25?,28-;2*19-,22?,23?,26-/m110/s1. The van der Waals surface area contributed by atoms with Crippen molar-refractivity contribution in [1.29, 1.82) is 0 Å². The molecule has 21 nitrogen and oxygen atoms in total. The number of nitrogens with zero attached hydrogens (tertiary/aromatic N) is 12. The lowest BCUT2D eigenvalue weighted by Gasteiger charge is -2.32. The van der Waals surface area contributed by atoms with Crippen molar-refractivity contribution in [2.75, 3.05) is 55.2 Å². The van der Waals surface area contributed by atoms with Crippen LogP contribution in [-0.2, 0) is 0 Å². The van der Waals surface area contributed by atoms with Gasteiger partial charge in [0.1, 0.15) is 16.9 Å². The lowest BCUT2D eigenvalue weighted by molar-refractivity contribution is 0.0705. The summed E-state index contributed by atoms with van der Waals surface area (Å²) in [4.78, 5) is 74.4. The van der Waals surface area contributed by atoms with Gasteiger partial charge in [0.25, 0.3) is 17.7 Å². The van der Waals surface area contributed by atoms with E-state index < -0.39 is 0 Å². The molecule has 3 aromatic carbocycles. The minimum Gasteiger partial charge on any atom is -0.393 e. The lowest BCUT2D eigenvalue weighted by atomic mass is 9.89. The summed E-state index contributed by atoms with van der Waals surface area (Å²) in [5, 5.41) is 44.3. The number of likely N-dealkylation sites (tertiary alicyclic amines) is 3. The Morgan fingerprint density at radius 3 is 0.936 bits per heavy atom. The molecule has 6 N–H and O–H groups in total. The van der Waals surface area contributed by atoms with Crippen molar-refractivity contribution in [2.24, 2.45) is 17.8 Å². The van der Waals surface area contributed by atoms with E-state index in [0.29, 0.717) is 54.0 Å². The molecular weight excluding hydrogens is 1380 g/mol. The number of nitrogens with one attached hydrogen (secondary N) is 3. The predicted octanol–water partition coefficient (Wildman–Crippen LogP) is 16.0. The third-order valence-electron chi connectivity index (χ3n) is 26.4. The van der Waals surface area contributed by atoms with E-state index in [1.165, 1.54) is 55.2 Å². The van der Waals surface area contributed by atoms with Gasteiger partial charge in [0, 0.05) is 146 Å². The smallest absolute Gasteiger partial charge is 0.253 e. The molecule has 9 fully saturated rings. The van der Waals surface area contributed by atoms with Crippen LogP contribution in [0.4, 0.5) is 17.8 Å². The largest absolute Gasteiger partial charge is 0.393 e. The molecule has 0 bridgehead atoms. The highest BCUT2D eigenvalue weighted by Gasteiger charge is 2.40. The van der Waals surface area contributed by atoms with Crippen LogP contribution in [0.1, 0.15) is 270 Å². The normalized spacial score (nSPS) is 26.5. The summed E-state index contributed by atoms with van der Waals surface area (Å²) in [6.45, 7) is 15.4. The first kappa shape index (κ1) is 75.3. The zero-order valence-electron chi connectivity index (χ0n) is 65.3. The van der Waals surface area contributed by atoms with Gasteiger partial charge in [0.05, 0.1) is 18.3 Å². The molecule has 582 valence electrons. The molecule has 110 heavy (non-hydrogen) atoms. The van der Waals surface area contributed by atoms with E-state index in [9.17, 15) is 29.7 Å². The highest BCUT2D eigenvalue weighted by atomic mass is 16.3. The molecule has 3 saturated heterocycles. The van der Waals surface area contributed by atoms with Gasteiger partial charge in [0.15, 0.2) is 0 Å². The molecular formula is C89H115N15O6. The van der Waals surface area contributed by atoms with Crippen molar-refractivity contribution in [2.45, 2.75) is 261 Å². The van der Waals surface area contributed by atoms with Crippen LogP contribution in [-0.4, -0.2) is 167 Å². The number of carbonyl (C=O) groups is 3. The molecule has 0 radical (unpaired) electrons. The van der Waals surface area contributed by atoms with Crippen molar-refractivity contribution in [1.82, 2.24) is 58.3 Å². The lowest BCUT2D eigenvalue weighted by Crippen LogP contribution is -2.38. The number of hydrogen-bond donors (Lipinski definition) is 6. The second-order valence-corrected chi connectivity index (χ2v) is 33.9. The van der Waals surface area contributed by atoms with Crippen LogP contribution >= 0.6 is 0 Å². The van der Waals surface area contributed by atoms with Gasteiger partial charge in [-0.25, -0.2) is 15.0 Å². The first-order valence-electron chi connectivity index (χ1n) is 42.1. The number of aromatic nitrogens is 9. The second-order valence-electron chi connectivity index (χ2n) is 33.9. The highest BCUT2D eigenvalue weighted by Crippen LogP contribution is 2.45. The SMILES string of the molecule is CC[C@@H]1C[C@H]1Nc1ncc2c(C3CCN(C(=O)c4cc(C)cc(C)c4)CC3)cn(C3CCC(O)CC3)c2n1.CC[C@@H]1C[C@H]1Nc1ncc2c(C3CCN(C(=O)c4ccccc4)CC3)cn(C3CCC(O)CC3)c2n1.CC[C@H]1C[C@@H]1Nc1ncc2c(C3CCN(C(=O)c4ccccc4)CC3)cn(C3CCC(O)CC3)c2n1. The molecule has 6 atom stereocenters. The van der Waals surface area contributed by atoms with Crippen molar-refractivity contribution in [3.05, 3.63) is 161 Å². The summed E-state index contributed by atoms with van der Waals surface area (Å²) >= 11 is 0. The van der Waals surface area contributed by atoms with E-state index in [1.54, 1.807) is 0 Å². The number of carbonyl (C=O) groups excluding carboxylic acids is 3. The van der Waals surface area contributed by atoms with E-state index in [4.69, 9.17) is 29.9 Å². The Hall–Kier alpha value is -8.79. The monoisotopic (exact) mass is 1490 g/mol. The topological polar surface area (TPSA) is 250 Å². The Morgan fingerprint density at radius 1 is 0.382 bits per heavy atom. The van der Waals surface area contributed by atoms with Crippen LogP contribution in [0, 0.1) is 31.6 Å². The zero-order valence-corrected chi connectivity index (χ0v) is 65.3. The maximum Gasteiger partial charge on any atom is 0.253 e. The molecule has 0 unspecified atom stereocenters. The number of fused-ring (bicyclic) bond motifs is 3. The summed E-state index contributed by atoms with van der Waals surface area (Å²) in [7, 11) is 0. The zero-order chi connectivity index (χ0) is 75.7.